The molecule has 0 radical (unpaired) electrons. The molecule has 1 aliphatic rings. The van der Waals surface area contributed by atoms with Crippen LogP contribution in [0.1, 0.15) is 25.3 Å². The lowest BCUT2D eigenvalue weighted by Crippen LogP contribution is -2.46. The number of hydrogen-bond acceptors (Lipinski definition) is 5. The molecule has 1 aromatic rings. The maximum atomic E-state index is 12.4. The fourth-order valence-electron chi connectivity index (χ4n) is 2.60. The van der Waals surface area contributed by atoms with Crippen LogP contribution in [0.15, 0.2) is 18.3 Å². The summed E-state index contributed by atoms with van der Waals surface area (Å²) >= 11 is 0. The van der Waals surface area contributed by atoms with E-state index in [0.717, 1.165) is 19.4 Å². The molecule has 118 valence electrons. The Hall–Kier alpha value is -2.13. The summed E-state index contributed by atoms with van der Waals surface area (Å²) in [5, 5.41) is 8.77. The molecule has 1 unspecified atom stereocenters. The summed E-state index contributed by atoms with van der Waals surface area (Å²) in [4.78, 5) is 20.3. The third kappa shape index (κ3) is 4.18. The molecule has 6 heteroatoms. The standard InChI is InChI=1S/C16H22N4O2/c1-3-22-14-5-4-8-20(11-14)16(21)12-19(2)15-7-6-13(9-17)10-18-15/h6-7,10,14H,3-5,8,11-12H2,1-2H3. The summed E-state index contributed by atoms with van der Waals surface area (Å²) in [6, 6.07) is 5.49. The summed E-state index contributed by atoms with van der Waals surface area (Å²) in [5.41, 5.74) is 0.513. The van der Waals surface area contributed by atoms with Gasteiger partial charge in [0, 0.05) is 32.9 Å². The molecule has 0 aromatic carbocycles. The van der Waals surface area contributed by atoms with Crippen molar-refractivity contribution in [3.05, 3.63) is 23.9 Å². The van der Waals surface area contributed by atoms with Crippen molar-refractivity contribution in [2.45, 2.75) is 25.9 Å². The van der Waals surface area contributed by atoms with Crippen molar-refractivity contribution in [2.24, 2.45) is 0 Å². The number of aromatic nitrogens is 1. The topological polar surface area (TPSA) is 69.5 Å². The molecular formula is C16H22N4O2. The molecule has 2 rings (SSSR count). The van der Waals surface area contributed by atoms with E-state index in [1.807, 2.05) is 24.9 Å². The third-order valence-corrected chi connectivity index (χ3v) is 3.77. The van der Waals surface area contributed by atoms with Crippen molar-refractivity contribution in [2.75, 3.05) is 38.2 Å². The summed E-state index contributed by atoms with van der Waals surface area (Å²) in [6.07, 6.45) is 3.67. The first-order valence-corrected chi connectivity index (χ1v) is 7.60. The molecule has 1 fully saturated rings. The van der Waals surface area contributed by atoms with Gasteiger partial charge in [-0.15, -0.1) is 0 Å². The summed E-state index contributed by atoms with van der Waals surface area (Å²) in [6.45, 7) is 4.39. The zero-order chi connectivity index (χ0) is 15.9. The molecular weight excluding hydrogens is 280 g/mol. The fraction of sp³-hybridized carbons (Fsp3) is 0.562. The van der Waals surface area contributed by atoms with Gasteiger partial charge >= 0.3 is 0 Å². The molecule has 0 N–H and O–H groups in total. The van der Waals surface area contributed by atoms with Gasteiger partial charge in [-0.3, -0.25) is 4.79 Å². The number of hydrogen-bond donors (Lipinski definition) is 0. The first-order chi connectivity index (χ1) is 10.6. The number of rotatable bonds is 5. The normalized spacial score (nSPS) is 17.9. The van der Waals surface area contributed by atoms with E-state index < -0.39 is 0 Å². The van der Waals surface area contributed by atoms with Crippen molar-refractivity contribution in [1.29, 1.82) is 5.26 Å². The van der Waals surface area contributed by atoms with Crippen LogP contribution in [-0.2, 0) is 9.53 Å². The smallest absolute Gasteiger partial charge is 0.242 e. The average Bonchev–Trinajstić information content (AvgIpc) is 2.55. The molecule has 1 saturated heterocycles. The van der Waals surface area contributed by atoms with Crippen molar-refractivity contribution in [1.82, 2.24) is 9.88 Å². The number of nitrogens with zero attached hydrogens (tertiary/aromatic N) is 4. The van der Waals surface area contributed by atoms with Gasteiger partial charge in [-0.05, 0) is 31.9 Å². The lowest BCUT2D eigenvalue weighted by molar-refractivity contribution is -0.133. The maximum absolute atomic E-state index is 12.4. The van der Waals surface area contributed by atoms with Gasteiger partial charge in [0.15, 0.2) is 0 Å². The molecule has 0 spiro atoms. The van der Waals surface area contributed by atoms with E-state index in [1.54, 1.807) is 17.0 Å². The number of likely N-dealkylation sites (N-methyl/N-ethyl adjacent to an activating group) is 1. The minimum Gasteiger partial charge on any atom is -0.377 e. The van der Waals surface area contributed by atoms with E-state index in [9.17, 15) is 4.79 Å². The number of likely N-dealkylation sites (tertiary alicyclic amines) is 1. The van der Waals surface area contributed by atoms with Crippen molar-refractivity contribution >= 4 is 11.7 Å². The van der Waals surface area contributed by atoms with Crippen LogP contribution < -0.4 is 4.90 Å². The second-order valence-corrected chi connectivity index (χ2v) is 5.43. The molecule has 1 atom stereocenters. The Morgan fingerprint density at radius 2 is 2.41 bits per heavy atom. The predicted molar refractivity (Wildman–Crippen MR) is 83.5 cm³/mol. The maximum Gasteiger partial charge on any atom is 0.242 e. The van der Waals surface area contributed by atoms with Gasteiger partial charge in [0.1, 0.15) is 11.9 Å². The van der Waals surface area contributed by atoms with Crippen LogP contribution in [0.25, 0.3) is 0 Å². The molecule has 1 aromatic heterocycles. The Morgan fingerprint density at radius 1 is 1.59 bits per heavy atom. The van der Waals surface area contributed by atoms with Crippen LogP contribution in [0.3, 0.4) is 0 Å². The van der Waals surface area contributed by atoms with Crippen LogP contribution >= 0.6 is 0 Å². The molecule has 2 heterocycles. The van der Waals surface area contributed by atoms with Gasteiger partial charge in [-0.2, -0.15) is 5.26 Å². The number of piperidine rings is 1. The minimum atomic E-state index is 0.0815. The molecule has 22 heavy (non-hydrogen) atoms. The van der Waals surface area contributed by atoms with Crippen LogP contribution in [0.2, 0.25) is 0 Å². The van der Waals surface area contributed by atoms with E-state index in [2.05, 4.69) is 4.98 Å². The summed E-state index contributed by atoms with van der Waals surface area (Å²) in [7, 11) is 1.83. The largest absolute Gasteiger partial charge is 0.377 e. The van der Waals surface area contributed by atoms with E-state index in [4.69, 9.17) is 10.00 Å². The van der Waals surface area contributed by atoms with Gasteiger partial charge < -0.3 is 14.5 Å². The van der Waals surface area contributed by atoms with Gasteiger partial charge in [-0.25, -0.2) is 4.98 Å². The predicted octanol–water partition coefficient (Wildman–Crippen LogP) is 1.42. The molecule has 6 nitrogen and oxygen atoms in total. The Bertz CT molecular complexity index is 536. The van der Waals surface area contributed by atoms with Gasteiger partial charge in [0.2, 0.25) is 5.91 Å². The highest BCUT2D eigenvalue weighted by atomic mass is 16.5. The number of carbonyl (C=O) groups is 1. The quantitative estimate of drug-likeness (QED) is 0.822. The van der Waals surface area contributed by atoms with Crippen LogP contribution in [0, 0.1) is 11.3 Å². The van der Waals surface area contributed by atoms with E-state index in [-0.39, 0.29) is 18.6 Å². The lowest BCUT2D eigenvalue weighted by atomic mass is 10.1. The van der Waals surface area contributed by atoms with E-state index in [1.165, 1.54) is 6.20 Å². The van der Waals surface area contributed by atoms with E-state index in [0.29, 0.717) is 24.5 Å². The Labute approximate surface area is 131 Å². The number of pyridine rings is 1. The number of ether oxygens (including phenoxy) is 1. The Morgan fingerprint density at radius 3 is 3.05 bits per heavy atom. The molecule has 0 saturated carbocycles. The lowest BCUT2D eigenvalue weighted by Gasteiger charge is -2.33. The van der Waals surface area contributed by atoms with Crippen LogP contribution in [0.4, 0.5) is 5.82 Å². The molecule has 0 aliphatic carbocycles. The highest BCUT2D eigenvalue weighted by Crippen LogP contribution is 2.15. The summed E-state index contributed by atoms with van der Waals surface area (Å²) in [5.74, 6) is 0.767. The first-order valence-electron chi connectivity index (χ1n) is 7.60. The van der Waals surface area contributed by atoms with E-state index >= 15 is 0 Å². The Kier molecular flexibility index (Phi) is 5.73. The molecule has 1 amide bonds. The number of nitriles is 1. The second kappa shape index (κ2) is 7.76. The fourth-order valence-corrected chi connectivity index (χ4v) is 2.60. The highest BCUT2D eigenvalue weighted by molar-refractivity contribution is 5.81. The number of amides is 1. The highest BCUT2D eigenvalue weighted by Gasteiger charge is 2.24. The third-order valence-electron chi connectivity index (χ3n) is 3.77. The van der Waals surface area contributed by atoms with Gasteiger partial charge in [0.25, 0.3) is 0 Å². The van der Waals surface area contributed by atoms with Gasteiger partial charge in [0.05, 0.1) is 18.2 Å². The van der Waals surface area contributed by atoms with Crippen molar-refractivity contribution in [3.63, 3.8) is 0 Å². The zero-order valence-corrected chi connectivity index (χ0v) is 13.2. The second-order valence-electron chi connectivity index (χ2n) is 5.43. The molecule has 1 aliphatic heterocycles. The zero-order valence-electron chi connectivity index (χ0n) is 13.2. The van der Waals surface area contributed by atoms with Gasteiger partial charge in [-0.1, -0.05) is 0 Å². The van der Waals surface area contributed by atoms with Crippen molar-refractivity contribution < 1.29 is 9.53 Å². The SMILES string of the molecule is CCOC1CCCN(C(=O)CN(C)c2ccc(C#N)cn2)C1. The number of anilines is 1. The average molecular weight is 302 g/mol. The van der Waals surface area contributed by atoms with Crippen LogP contribution in [-0.4, -0.2) is 55.2 Å². The first kappa shape index (κ1) is 16.2. The summed E-state index contributed by atoms with van der Waals surface area (Å²) < 4.78 is 5.63. The number of carbonyl (C=O) groups excluding carboxylic acids is 1. The Balaban J connectivity index is 1.91. The monoisotopic (exact) mass is 302 g/mol. The molecule has 0 bridgehead atoms. The van der Waals surface area contributed by atoms with Crippen LogP contribution in [0.5, 0.6) is 0 Å². The van der Waals surface area contributed by atoms with Crippen molar-refractivity contribution in [3.8, 4) is 6.07 Å². The minimum absolute atomic E-state index is 0.0815.